The van der Waals surface area contributed by atoms with Gasteiger partial charge in [0, 0.05) is 30.0 Å². The molecule has 0 aliphatic carbocycles. The molecule has 4 aromatic rings. The van der Waals surface area contributed by atoms with Gasteiger partial charge in [0.15, 0.2) is 5.69 Å². The molecule has 0 unspecified atom stereocenters. The van der Waals surface area contributed by atoms with Crippen LogP contribution in [0, 0.1) is 24.6 Å². The zero-order valence-corrected chi connectivity index (χ0v) is 29.6. The molecule has 0 fully saturated rings. The van der Waals surface area contributed by atoms with Crippen LogP contribution in [0.1, 0.15) is 97.2 Å². The Labute approximate surface area is 292 Å². The standard InChI is InChI=1S/C33H41FN10O5S/c1-17(2)26-32-39-28(20(6)49-32)31(48)35-19(5)14-43(15-24(45)37-27(18(3)4)33-36-23(16-50-33)30(47)38-26)25(46)8-7-13-44-41-29(40-42-44)21-9-11-22(34)12-10-21/h9-12,16-19,26-27H,7-8,13-15H2,1-6H3,(H,35,48)(H,37,45)(H,38,47)/t19-,26-,27+/m1/s1. The fourth-order valence-corrected chi connectivity index (χ4v) is 6.46. The van der Waals surface area contributed by atoms with E-state index in [4.69, 9.17) is 4.42 Å². The number of carbonyl (C=O) groups excluding carboxylic acids is 4. The molecule has 266 valence electrons. The molecule has 1 aromatic carbocycles. The van der Waals surface area contributed by atoms with Crippen LogP contribution in [0.4, 0.5) is 4.39 Å². The smallest absolute Gasteiger partial charge is 0.273 e. The van der Waals surface area contributed by atoms with Crippen LogP contribution < -0.4 is 16.0 Å². The molecule has 0 spiro atoms. The van der Waals surface area contributed by atoms with Gasteiger partial charge < -0.3 is 25.3 Å². The van der Waals surface area contributed by atoms with E-state index in [1.54, 1.807) is 31.4 Å². The number of nitrogens with one attached hydrogen (secondary N) is 3. The number of thiazole rings is 1. The van der Waals surface area contributed by atoms with Crippen molar-refractivity contribution in [1.82, 2.24) is 51.0 Å². The summed E-state index contributed by atoms with van der Waals surface area (Å²) in [5, 5.41) is 23.3. The van der Waals surface area contributed by atoms with Crippen molar-refractivity contribution in [1.29, 1.82) is 0 Å². The first-order valence-electron chi connectivity index (χ1n) is 16.4. The molecule has 15 nitrogen and oxygen atoms in total. The maximum absolute atomic E-state index is 13.6. The Kier molecular flexibility index (Phi) is 11.3. The molecule has 3 atom stereocenters. The summed E-state index contributed by atoms with van der Waals surface area (Å²) in [4.78, 5) is 65.5. The average molecular weight is 709 g/mol. The number of hydrogen-bond donors (Lipinski definition) is 3. The summed E-state index contributed by atoms with van der Waals surface area (Å²) >= 11 is 1.25. The lowest BCUT2D eigenvalue weighted by molar-refractivity contribution is -0.136. The van der Waals surface area contributed by atoms with Gasteiger partial charge in [-0.25, -0.2) is 14.4 Å². The molecule has 3 N–H and O–H groups in total. The molecule has 1 aliphatic rings. The van der Waals surface area contributed by atoms with Gasteiger partial charge in [-0.15, -0.1) is 21.5 Å². The Balaban J connectivity index is 1.35. The lowest BCUT2D eigenvalue weighted by Crippen LogP contribution is -2.48. The first-order valence-corrected chi connectivity index (χ1v) is 17.3. The Hall–Kier alpha value is -5.06. The molecule has 4 bridgehead atoms. The van der Waals surface area contributed by atoms with Crippen molar-refractivity contribution in [2.24, 2.45) is 11.8 Å². The third kappa shape index (κ3) is 8.74. The number of benzene rings is 1. The number of nitrogens with zero attached hydrogens (tertiary/aromatic N) is 7. The van der Waals surface area contributed by atoms with Crippen molar-refractivity contribution in [3.63, 3.8) is 0 Å². The fraction of sp³-hybridized carbons (Fsp3) is 0.485. The van der Waals surface area contributed by atoms with E-state index in [2.05, 4.69) is 41.3 Å². The number of fused-ring (bicyclic) bond motifs is 4. The van der Waals surface area contributed by atoms with Crippen LogP contribution in [-0.4, -0.2) is 77.8 Å². The van der Waals surface area contributed by atoms with Crippen LogP contribution in [0.2, 0.25) is 0 Å². The van der Waals surface area contributed by atoms with Crippen molar-refractivity contribution in [2.75, 3.05) is 13.1 Å². The molecule has 4 amide bonds. The van der Waals surface area contributed by atoms with E-state index < -0.39 is 35.8 Å². The second-order valence-corrected chi connectivity index (χ2v) is 13.9. The molecule has 1 aliphatic heterocycles. The molecule has 50 heavy (non-hydrogen) atoms. The highest BCUT2D eigenvalue weighted by atomic mass is 32.1. The Morgan fingerprint density at radius 1 is 1.02 bits per heavy atom. The van der Waals surface area contributed by atoms with Crippen molar-refractivity contribution in [3.05, 3.63) is 63.5 Å². The Morgan fingerprint density at radius 3 is 2.44 bits per heavy atom. The van der Waals surface area contributed by atoms with E-state index in [1.165, 1.54) is 33.2 Å². The van der Waals surface area contributed by atoms with E-state index in [9.17, 15) is 23.6 Å². The van der Waals surface area contributed by atoms with Gasteiger partial charge in [-0.2, -0.15) is 4.80 Å². The summed E-state index contributed by atoms with van der Waals surface area (Å²) in [6.07, 6.45) is 0.399. The van der Waals surface area contributed by atoms with Gasteiger partial charge in [-0.1, -0.05) is 27.7 Å². The first kappa shape index (κ1) is 36.2. The third-order valence-corrected chi connectivity index (χ3v) is 9.04. The van der Waals surface area contributed by atoms with E-state index in [-0.39, 0.29) is 72.7 Å². The number of amides is 4. The number of rotatable bonds is 7. The molecule has 0 radical (unpaired) electrons. The number of tetrazole rings is 1. The topological polar surface area (TPSA) is 190 Å². The minimum absolute atomic E-state index is 0.0382. The SMILES string of the molecule is Cc1oc2nc1C(=O)N[C@H](C)CN(C(=O)CCCn1nnc(-c3ccc(F)cc3)n1)CC(=O)N[C@@H](C(C)C)c1nc(cs1)C(=O)N[C@@H]2C(C)C. The van der Waals surface area contributed by atoms with Crippen LogP contribution in [0.25, 0.3) is 11.4 Å². The average Bonchev–Trinajstić information content (AvgIpc) is 3.82. The molecule has 4 heterocycles. The lowest BCUT2D eigenvalue weighted by atomic mass is 10.0. The van der Waals surface area contributed by atoms with Gasteiger partial charge in [0.1, 0.15) is 28.3 Å². The molecular formula is C33H41FN10O5S. The largest absolute Gasteiger partial charge is 0.443 e. The highest BCUT2D eigenvalue weighted by Gasteiger charge is 2.31. The summed E-state index contributed by atoms with van der Waals surface area (Å²) in [5.74, 6) is -1.49. The number of hydrogen-bond acceptors (Lipinski definition) is 11. The van der Waals surface area contributed by atoms with E-state index >= 15 is 0 Å². The van der Waals surface area contributed by atoms with Gasteiger partial charge in [0.25, 0.3) is 11.8 Å². The van der Waals surface area contributed by atoms with Gasteiger partial charge >= 0.3 is 0 Å². The van der Waals surface area contributed by atoms with Gasteiger partial charge in [-0.3, -0.25) is 19.2 Å². The normalized spacial score (nSPS) is 19.2. The van der Waals surface area contributed by atoms with Crippen LogP contribution in [0.5, 0.6) is 0 Å². The van der Waals surface area contributed by atoms with E-state index in [1.807, 2.05) is 27.7 Å². The fourth-order valence-electron chi connectivity index (χ4n) is 5.44. The van der Waals surface area contributed by atoms with Crippen LogP contribution in [-0.2, 0) is 16.1 Å². The summed E-state index contributed by atoms with van der Waals surface area (Å²) < 4.78 is 19.2. The van der Waals surface area contributed by atoms with Crippen molar-refractivity contribution in [3.8, 4) is 11.4 Å². The van der Waals surface area contributed by atoms with E-state index in [0.717, 1.165) is 0 Å². The van der Waals surface area contributed by atoms with Gasteiger partial charge in [-0.05, 0) is 61.6 Å². The summed E-state index contributed by atoms with van der Waals surface area (Å²) in [7, 11) is 0. The van der Waals surface area contributed by atoms with Gasteiger partial charge in [0.05, 0.1) is 19.1 Å². The number of aryl methyl sites for hydroxylation is 2. The quantitative estimate of drug-likeness (QED) is 0.256. The first-order chi connectivity index (χ1) is 23.8. The van der Waals surface area contributed by atoms with Gasteiger partial charge in [0.2, 0.25) is 23.5 Å². The molecule has 3 aromatic heterocycles. The molecular weight excluding hydrogens is 667 g/mol. The minimum Gasteiger partial charge on any atom is -0.443 e. The van der Waals surface area contributed by atoms with Crippen molar-refractivity contribution in [2.45, 2.75) is 79.1 Å². The zero-order chi connectivity index (χ0) is 36.1. The van der Waals surface area contributed by atoms with Crippen molar-refractivity contribution >= 4 is 35.0 Å². The highest BCUT2D eigenvalue weighted by Crippen LogP contribution is 2.27. The Morgan fingerprint density at radius 2 is 1.74 bits per heavy atom. The van der Waals surface area contributed by atoms with Crippen molar-refractivity contribution < 1.29 is 28.0 Å². The monoisotopic (exact) mass is 708 g/mol. The van der Waals surface area contributed by atoms with Crippen LogP contribution in [0.15, 0.2) is 34.1 Å². The Bertz CT molecular complexity index is 1840. The number of halogens is 1. The molecule has 0 saturated carbocycles. The second-order valence-electron chi connectivity index (χ2n) is 13.0. The number of oxazole rings is 1. The summed E-state index contributed by atoms with van der Waals surface area (Å²) in [5.41, 5.74) is 0.836. The molecule has 5 rings (SSSR count). The predicted octanol–water partition coefficient (Wildman–Crippen LogP) is 3.61. The minimum atomic E-state index is -0.639. The zero-order valence-electron chi connectivity index (χ0n) is 28.8. The maximum Gasteiger partial charge on any atom is 0.273 e. The highest BCUT2D eigenvalue weighted by molar-refractivity contribution is 7.09. The molecule has 0 saturated heterocycles. The van der Waals surface area contributed by atoms with Crippen LogP contribution >= 0.6 is 11.3 Å². The predicted molar refractivity (Wildman–Crippen MR) is 180 cm³/mol. The summed E-state index contributed by atoms with van der Waals surface area (Å²) in [6.45, 7) is 11.0. The van der Waals surface area contributed by atoms with Crippen LogP contribution in [0.3, 0.4) is 0 Å². The third-order valence-electron chi connectivity index (χ3n) is 8.11. The summed E-state index contributed by atoms with van der Waals surface area (Å²) in [6, 6.07) is 3.99. The maximum atomic E-state index is 13.6. The van der Waals surface area contributed by atoms with E-state index in [0.29, 0.717) is 22.8 Å². The number of carbonyl (C=O) groups is 4. The lowest BCUT2D eigenvalue weighted by Gasteiger charge is -2.28. The molecule has 17 heteroatoms. The number of aromatic nitrogens is 6. The second kappa shape index (κ2) is 15.7.